The smallest absolute Gasteiger partial charge is 0.246 e. The van der Waals surface area contributed by atoms with Crippen molar-refractivity contribution in [3.63, 3.8) is 0 Å². The first-order valence-electron chi connectivity index (χ1n) is 11.9. The fraction of sp³-hybridized carbons (Fsp3) is 0.393. The van der Waals surface area contributed by atoms with Gasteiger partial charge in [0.25, 0.3) is 0 Å². The second kappa shape index (κ2) is 12.1. The molecule has 0 unspecified atom stereocenters. The molecule has 5 nitrogen and oxygen atoms in total. The quantitative estimate of drug-likeness (QED) is 0.525. The number of aliphatic imine (C=N–C) groups is 1. The summed E-state index contributed by atoms with van der Waals surface area (Å²) in [4.78, 5) is 30.9. The Balaban J connectivity index is 1.75. The van der Waals surface area contributed by atoms with E-state index in [1.165, 1.54) is 0 Å². The van der Waals surface area contributed by atoms with Gasteiger partial charge in [0.15, 0.2) is 0 Å². The first-order chi connectivity index (χ1) is 16.0. The van der Waals surface area contributed by atoms with Gasteiger partial charge in [0.2, 0.25) is 11.8 Å². The molecule has 2 amide bonds. The molecule has 0 saturated heterocycles. The standard InChI is InChI=1S/C28H35N3O2/c1-3-19-29-22(2)21-30-27(33)28(17-11-6-12-18-28)31-26(32)20-25(23-13-7-4-8-14-23)24-15-9-5-10-16-24/h3-5,7-10,13-16,19,25H,6,11-12,17-18,20-21H2,1-2H3,(H,30,33)(H,31,32)/b19-3-,29-22?. The Kier molecular flexibility index (Phi) is 8.99. The summed E-state index contributed by atoms with van der Waals surface area (Å²) >= 11 is 0. The fourth-order valence-electron chi connectivity index (χ4n) is 4.49. The lowest BCUT2D eigenvalue weighted by atomic mass is 9.80. The van der Waals surface area contributed by atoms with Gasteiger partial charge in [-0.05, 0) is 37.8 Å². The van der Waals surface area contributed by atoms with Crippen molar-refractivity contribution in [3.8, 4) is 0 Å². The second-order valence-electron chi connectivity index (χ2n) is 8.80. The van der Waals surface area contributed by atoms with Crippen molar-refractivity contribution in [1.29, 1.82) is 0 Å². The zero-order chi connectivity index (χ0) is 23.5. The Morgan fingerprint density at radius 1 is 0.970 bits per heavy atom. The number of rotatable bonds is 9. The van der Waals surface area contributed by atoms with Crippen molar-refractivity contribution < 1.29 is 9.59 Å². The number of carbonyl (C=O) groups excluding carboxylic acids is 2. The van der Waals surface area contributed by atoms with Crippen molar-refractivity contribution in [3.05, 3.63) is 84.1 Å². The molecular weight excluding hydrogens is 410 g/mol. The van der Waals surface area contributed by atoms with Crippen LogP contribution in [-0.4, -0.2) is 29.6 Å². The van der Waals surface area contributed by atoms with Gasteiger partial charge in [-0.2, -0.15) is 0 Å². The van der Waals surface area contributed by atoms with Crippen LogP contribution in [0.2, 0.25) is 0 Å². The maximum atomic E-state index is 13.3. The summed E-state index contributed by atoms with van der Waals surface area (Å²) in [6.07, 6.45) is 8.14. The maximum absolute atomic E-state index is 13.3. The second-order valence-corrected chi connectivity index (χ2v) is 8.80. The highest BCUT2D eigenvalue weighted by Crippen LogP contribution is 2.31. The van der Waals surface area contributed by atoms with Crippen LogP contribution in [0.15, 0.2) is 77.9 Å². The minimum absolute atomic E-state index is 0.0636. The van der Waals surface area contributed by atoms with Gasteiger partial charge in [-0.1, -0.05) is 86.0 Å². The molecule has 0 heterocycles. The molecule has 33 heavy (non-hydrogen) atoms. The topological polar surface area (TPSA) is 70.6 Å². The molecule has 1 fully saturated rings. The number of hydrogen-bond acceptors (Lipinski definition) is 3. The molecular formula is C28H35N3O2. The number of hydrogen-bond donors (Lipinski definition) is 2. The molecule has 0 spiro atoms. The van der Waals surface area contributed by atoms with E-state index in [-0.39, 0.29) is 17.7 Å². The van der Waals surface area contributed by atoms with Crippen LogP contribution in [0.4, 0.5) is 0 Å². The summed E-state index contributed by atoms with van der Waals surface area (Å²) in [5, 5.41) is 6.17. The van der Waals surface area contributed by atoms with E-state index in [0.717, 1.165) is 36.1 Å². The van der Waals surface area contributed by atoms with Crippen LogP contribution in [-0.2, 0) is 9.59 Å². The maximum Gasteiger partial charge on any atom is 0.246 e. The van der Waals surface area contributed by atoms with Crippen LogP contribution in [0.25, 0.3) is 0 Å². The molecule has 1 aliphatic rings. The van der Waals surface area contributed by atoms with E-state index in [0.29, 0.717) is 25.8 Å². The van der Waals surface area contributed by atoms with Gasteiger partial charge < -0.3 is 10.6 Å². The highest BCUT2D eigenvalue weighted by molar-refractivity contribution is 5.95. The average Bonchev–Trinajstić information content (AvgIpc) is 2.86. The molecule has 0 aliphatic heterocycles. The predicted octanol–water partition coefficient (Wildman–Crippen LogP) is 5.14. The van der Waals surface area contributed by atoms with Crippen molar-refractivity contribution >= 4 is 17.5 Å². The third kappa shape index (κ3) is 6.88. The van der Waals surface area contributed by atoms with Crippen molar-refractivity contribution in [1.82, 2.24) is 10.6 Å². The van der Waals surface area contributed by atoms with Crippen LogP contribution in [0.5, 0.6) is 0 Å². The molecule has 1 aliphatic carbocycles. The Morgan fingerprint density at radius 3 is 2.09 bits per heavy atom. The largest absolute Gasteiger partial charge is 0.349 e. The van der Waals surface area contributed by atoms with E-state index >= 15 is 0 Å². The summed E-state index contributed by atoms with van der Waals surface area (Å²) in [5.41, 5.74) is 2.16. The molecule has 0 bridgehead atoms. The summed E-state index contributed by atoms with van der Waals surface area (Å²) < 4.78 is 0. The third-order valence-corrected chi connectivity index (χ3v) is 6.26. The molecule has 3 rings (SSSR count). The summed E-state index contributed by atoms with van der Waals surface area (Å²) in [7, 11) is 0. The van der Waals surface area contributed by atoms with Crippen LogP contribution in [0.1, 0.15) is 69.4 Å². The SMILES string of the molecule is C/C=C\N=C(C)CNC(=O)C1(NC(=O)CC(c2ccccc2)c2ccccc2)CCCCC1. The van der Waals surface area contributed by atoms with Crippen molar-refractivity contribution in [2.45, 2.75) is 63.8 Å². The van der Waals surface area contributed by atoms with E-state index in [4.69, 9.17) is 0 Å². The van der Waals surface area contributed by atoms with E-state index in [1.54, 1.807) is 6.20 Å². The van der Waals surface area contributed by atoms with Gasteiger partial charge in [-0.3, -0.25) is 14.6 Å². The van der Waals surface area contributed by atoms with E-state index in [9.17, 15) is 9.59 Å². The Bertz CT molecular complexity index is 922. The van der Waals surface area contributed by atoms with E-state index < -0.39 is 5.54 Å². The zero-order valence-corrected chi connectivity index (χ0v) is 19.7. The first kappa shape index (κ1) is 24.4. The lowest BCUT2D eigenvalue weighted by Crippen LogP contribution is -2.60. The van der Waals surface area contributed by atoms with Crippen LogP contribution in [0.3, 0.4) is 0 Å². The third-order valence-electron chi connectivity index (χ3n) is 6.26. The Morgan fingerprint density at radius 2 is 1.55 bits per heavy atom. The van der Waals surface area contributed by atoms with Crippen LogP contribution >= 0.6 is 0 Å². The fourth-order valence-corrected chi connectivity index (χ4v) is 4.49. The zero-order valence-electron chi connectivity index (χ0n) is 19.7. The van der Waals surface area contributed by atoms with Crippen molar-refractivity contribution in [2.24, 2.45) is 4.99 Å². The van der Waals surface area contributed by atoms with E-state index in [2.05, 4.69) is 39.9 Å². The molecule has 5 heteroatoms. The molecule has 2 aromatic carbocycles. The highest BCUT2D eigenvalue weighted by Gasteiger charge is 2.41. The molecule has 0 radical (unpaired) electrons. The normalized spacial score (nSPS) is 16.0. The van der Waals surface area contributed by atoms with Crippen LogP contribution < -0.4 is 10.6 Å². The molecule has 0 atom stereocenters. The number of nitrogens with zero attached hydrogens (tertiary/aromatic N) is 1. The average molecular weight is 446 g/mol. The lowest BCUT2D eigenvalue weighted by molar-refractivity contribution is -0.135. The van der Waals surface area contributed by atoms with Gasteiger partial charge in [0.1, 0.15) is 5.54 Å². The molecule has 0 aromatic heterocycles. The molecule has 2 N–H and O–H groups in total. The van der Waals surface area contributed by atoms with Gasteiger partial charge in [0.05, 0.1) is 6.54 Å². The lowest BCUT2D eigenvalue weighted by Gasteiger charge is -2.37. The number of carbonyl (C=O) groups is 2. The first-order valence-corrected chi connectivity index (χ1v) is 11.9. The minimum atomic E-state index is -0.853. The molecule has 174 valence electrons. The van der Waals surface area contributed by atoms with Gasteiger partial charge >= 0.3 is 0 Å². The van der Waals surface area contributed by atoms with Gasteiger partial charge in [-0.25, -0.2) is 0 Å². The minimum Gasteiger partial charge on any atom is -0.349 e. The summed E-state index contributed by atoms with van der Waals surface area (Å²) in [5.74, 6) is -0.267. The monoisotopic (exact) mass is 445 g/mol. The summed E-state index contributed by atoms with van der Waals surface area (Å²) in [6, 6.07) is 20.2. The predicted molar refractivity (Wildman–Crippen MR) is 134 cm³/mol. The van der Waals surface area contributed by atoms with Crippen molar-refractivity contribution in [2.75, 3.05) is 6.54 Å². The summed E-state index contributed by atoms with van der Waals surface area (Å²) in [6.45, 7) is 4.16. The molecule has 2 aromatic rings. The number of benzene rings is 2. The number of nitrogens with one attached hydrogen (secondary N) is 2. The van der Waals surface area contributed by atoms with Gasteiger partial charge in [0, 0.05) is 24.3 Å². The number of allylic oxidation sites excluding steroid dienone is 1. The number of amides is 2. The highest BCUT2D eigenvalue weighted by atomic mass is 16.2. The molecule has 1 saturated carbocycles. The Labute approximate surface area is 197 Å². The van der Waals surface area contributed by atoms with E-state index in [1.807, 2.05) is 56.3 Å². The Hall–Kier alpha value is -3.21. The van der Waals surface area contributed by atoms with Crippen LogP contribution in [0, 0.1) is 0 Å². The van der Waals surface area contributed by atoms with Gasteiger partial charge in [-0.15, -0.1) is 0 Å².